The molecular weight excluding hydrogens is 212 g/mol. The van der Waals surface area contributed by atoms with E-state index >= 15 is 0 Å². The third-order valence-electron chi connectivity index (χ3n) is 1.97. The average molecular weight is 224 g/mol. The molecule has 0 aliphatic rings. The highest BCUT2D eigenvalue weighted by Crippen LogP contribution is 2.07. The SMILES string of the molecule is COC(C)C(=O)Nc1ccc(C(=O)O)nc1. The summed E-state index contributed by atoms with van der Waals surface area (Å²) in [5, 5.41) is 11.2. The summed E-state index contributed by atoms with van der Waals surface area (Å²) in [4.78, 5) is 25.6. The first-order chi connectivity index (χ1) is 7.54. The average Bonchev–Trinajstić information content (AvgIpc) is 2.28. The van der Waals surface area contributed by atoms with Crippen molar-refractivity contribution in [2.45, 2.75) is 13.0 Å². The Bertz CT molecular complexity index is 388. The summed E-state index contributed by atoms with van der Waals surface area (Å²) >= 11 is 0. The number of hydrogen-bond donors (Lipinski definition) is 2. The molecule has 0 saturated carbocycles. The fourth-order valence-electron chi connectivity index (χ4n) is 0.945. The molecule has 0 radical (unpaired) electrons. The van der Waals surface area contributed by atoms with Gasteiger partial charge in [-0.2, -0.15) is 0 Å². The van der Waals surface area contributed by atoms with Gasteiger partial charge >= 0.3 is 5.97 Å². The minimum absolute atomic E-state index is 0.0715. The highest BCUT2D eigenvalue weighted by molar-refractivity contribution is 5.94. The normalized spacial score (nSPS) is 11.9. The van der Waals surface area contributed by atoms with Gasteiger partial charge in [0.15, 0.2) is 0 Å². The van der Waals surface area contributed by atoms with Crippen LogP contribution >= 0.6 is 0 Å². The van der Waals surface area contributed by atoms with E-state index in [-0.39, 0.29) is 11.6 Å². The third-order valence-corrected chi connectivity index (χ3v) is 1.97. The van der Waals surface area contributed by atoms with Crippen LogP contribution in [0.15, 0.2) is 18.3 Å². The fraction of sp³-hybridized carbons (Fsp3) is 0.300. The molecule has 1 unspecified atom stereocenters. The summed E-state index contributed by atoms with van der Waals surface area (Å²) in [5.41, 5.74) is 0.358. The lowest BCUT2D eigenvalue weighted by atomic mass is 10.3. The number of rotatable bonds is 4. The van der Waals surface area contributed by atoms with Crippen molar-refractivity contribution >= 4 is 17.6 Å². The molecule has 1 amide bonds. The maximum atomic E-state index is 11.4. The van der Waals surface area contributed by atoms with E-state index in [1.54, 1.807) is 6.92 Å². The van der Waals surface area contributed by atoms with Crippen molar-refractivity contribution in [3.63, 3.8) is 0 Å². The van der Waals surface area contributed by atoms with Crippen LogP contribution in [-0.2, 0) is 9.53 Å². The Labute approximate surface area is 92.3 Å². The number of carbonyl (C=O) groups is 2. The number of carboxylic acids is 1. The Morgan fingerprint density at radius 3 is 2.62 bits per heavy atom. The number of nitrogens with one attached hydrogen (secondary N) is 1. The van der Waals surface area contributed by atoms with Gasteiger partial charge in [-0.15, -0.1) is 0 Å². The zero-order valence-corrected chi connectivity index (χ0v) is 8.93. The van der Waals surface area contributed by atoms with Crippen molar-refractivity contribution in [3.05, 3.63) is 24.0 Å². The van der Waals surface area contributed by atoms with Crippen LogP contribution in [0.2, 0.25) is 0 Å². The van der Waals surface area contributed by atoms with Crippen LogP contribution in [0.4, 0.5) is 5.69 Å². The number of carboxylic acid groups (broad SMARTS) is 1. The smallest absolute Gasteiger partial charge is 0.354 e. The number of amides is 1. The minimum atomic E-state index is -1.11. The van der Waals surface area contributed by atoms with Crippen LogP contribution in [0.1, 0.15) is 17.4 Å². The summed E-state index contributed by atoms with van der Waals surface area (Å²) in [6.07, 6.45) is 0.711. The second-order valence-corrected chi connectivity index (χ2v) is 3.10. The van der Waals surface area contributed by atoms with E-state index in [4.69, 9.17) is 9.84 Å². The third kappa shape index (κ3) is 3.03. The number of aromatic carboxylic acids is 1. The number of anilines is 1. The first kappa shape index (κ1) is 12.1. The largest absolute Gasteiger partial charge is 0.477 e. The van der Waals surface area contributed by atoms with Gasteiger partial charge in [0.25, 0.3) is 5.91 Å². The highest BCUT2D eigenvalue weighted by Gasteiger charge is 2.12. The molecule has 0 aliphatic heterocycles. The van der Waals surface area contributed by atoms with Crippen molar-refractivity contribution in [1.82, 2.24) is 4.98 Å². The predicted molar refractivity (Wildman–Crippen MR) is 56.3 cm³/mol. The number of hydrogen-bond acceptors (Lipinski definition) is 4. The quantitative estimate of drug-likeness (QED) is 0.787. The standard InChI is InChI=1S/C10H12N2O4/c1-6(16-2)9(13)12-7-3-4-8(10(14)15)11-5-7/h3-6H,1-2H3,(H,12,13)(H,14,15). The van der Waals surface area contributed by atoms with E-state index in [1.165, 1.54) is 25.4 Å². The first-order valence-corrected chi connectivity index (χ1v) is 4.57. The molecule has 2 N–H and O–H groups in total. The van der Waals surface area contributed by atoms with Gasteiger partial charge < -0.3 is 15.2 Å². The van der Waals surface area contributed by atoms with Gasteiger partial charge in [0.05, 0.1) is 11.9 Å². The molecule has 1 heterocycles. The molecule has 0 fully saturated rings. The van der Waals surface area contributed by atoms with Gasteiger partial charge in [0.1, 0.15) is 11.8 Å². The van der Waals surface area contributed by atoms with Crippen LogP contribution < -0.4 is 5.32 Å². The molecular formula is C10H12N2O4. The lowest BCUT2D eigenvalue weighted by Gasteiger charge is -2.09. The monoisotopic (exact) mass is 224 g/mol. The van der Waals surface area contributed by atoms with Crippen molar-refractivity contribution < 1.29 is 19.4 Å². The number of carbonyl (C=O) groups excluding carboxylic acids is 1. The maximum absolute atomic E-state index is 11.4. The maximum Gasteiger partial charge on any atom is 0.354 e. The number of methoxy groups -OCH3 is 1. The summed E-state index contributed by atoms with van der Waals surface area (Å²) in [5.74, 6) is -1.42. The minimum Gasteiger partial charge on any atom is -0.477 e. The second-order valence-electron chi connectivity index (χ2n) is 3.10. The summed E-state index contributed by atoms with van der Waals surface area (Å²) in [6.45, 7) is 1.61. The molecule has 16 heavy (non-hydrogen) atoms. The Balaban J connectivity index is 2.69. The molecule has 1 aromatic heterocycles. The van der Waals surface area contributed by atoms with Gasteiger partial charge in [0, 0.05) is 7.11 Å². The van der Waals surface area contributed by atoms with E-state index < -0.39 is 12.1 Å². The molecule has 0 bridgehead atoms. The van der Waals surface area contributed by atoms with E-state index in [1.807, 2.05) is 0 Å². The lowest BCUT2D eigenvalue weighted by Crippen LogP contribution is -2.26. The number of pyridine rings is 1. The van der Waals surface area contributed by atoms with Gasteiger partial charge in [-0.1, -0.05) is 0 Å². The second kappa shape index (κ2) is 5.22. The van der Waals surface area contributed by atoms with Gasteiger partial charge in [-0.05, 0) is 19.1 Å². The Kier molecular flexibility index (Phi) is 3.96. The molecule has 0 saturated heterocycles. The van der Waals surface area contributed by atoms with Crippen molar-refractivity contribution in [1.29, 1.82) is 0 Å². The number of nitrogens with zero attached hydrogens (tertiary/aromatic N) is 1. The van der Waals surface area contributed by atoms with Gasteiger partial charge in [0.2, 0.25) is 0 Å². The molecule has 1 atom stereocenters. The van der Waals surface area contributed by atoms with Crippen LogP contribution in [-0.4, -0.2) is 35.2 Å². The predicted octanol–water partition coefficient (Wildman–Crippen LogP) is 0.753. The Morgan fingerprint density at radius 2 is 2.19 bits per heavy atom. The van der Waals surface area contributed by atoms with E-state index in [0.29, 0.717) is 5.69 Å². The fourth-order valence-corrected chi connectivity index (χ4v) is 0.945. The van der Waals surface area contributed by atoms with Crippen LogP contribution in [0, 0.1) is 0 Å². The molecule has 6 nitrogen and oxygen atoms in total. The van der Waals surface area contributed by atoms with Crippen LogP contribution in [0.25, 0.3) is 0 Å². The van der Waals surface area contributed by atoms with Crippen molar-refractivity contribution in [3.8, 4) is 0 Å². The lowest BCUT2D eigenvalue weighted by molar-refractivity contribution is -0.124. The molecule has 1 rings (SSSR count). The van der Waals surface area contributed by atoms with Crippen molar-refractivity contribution in [2.24, 2.45) is 0 Å². The molecule has 0 spiro atoms. The highest BCUT2D eigenvalue weighted by atomic mass is 16.5. The summed E-state index contributed by atoms with van der Waals surface area (Å²) in [7, 11) is 1.43. The molecule has 0 aliphatic carbocycles. The summed E-state index contributed by atoms with van der Waals surface area (Å²) in [6, 6.07) is 2.78. The summed E-state index contributed by atoms with van der Waals surface area (Å²) < 4.78 is 4.82. The van der Waals surface area contributed by atoms with Gasteiger partial charge in [-0.3, -0.25) is 4.79 Å². The molecule has 0 aromatic carbocycles. The van der Waals surface area contributed by atoms with Crippen LogP contribution in [0.5, 0.6) is 0 Å². The number of ether oxygens (including phenoxy) is 1. The van der Waals surface area contributed by atoms with Crippen molar-refractivity contribution in [2.75, 3.05) is 12.4 Å². The zero-order valence-electron chi connectivity index (χ0n) is 8.93. The van der Waals surface area contributed by atoms with Gasteiger partial charge in [-0.25, -0.2) is 9.78 Å². The Hall–Kier alpha value is -1.95. The number of aromatic nitrogens is 1. The van der Waals surface area contributed by atoms with E-state index in [0.717, 1.165) is 0 Å². The molecule has 6 heteroatoms. The molecule has 1 aromatic rings. The first-order valence-electron chi connectivity index (χ1n) is 4.57. The zero-order chi connectivity index (χ0) is 12.1. The molecule has 86 valence electrons. The topological polar surface area (TPSA) is 88.5 Å². The van der Waals surface area contributed by atoms with E-state index in [2.05, 4.69) is 10.3 Å². The van der Waals surface area contributed by atoms with Crippen LogP contribution in [0.3, 0.4) is 0 Å². The Morgan fingerprint density at radius 1 is 1.50 bits per heavy atom. The van der Waals surface area contributed by atoms with E-state index in [9.17, 15) is 9.59 Å².